The first-order valence-corrected chi connectivity index (χ1v) is 7.73. The van der Waals surface area contributed by atoms with Gasteiger partial charge in [-0.05, 0) is 37.9 Å². The number of rotatable bonds is 6. The van der Waals surface area contributed by atoms with Crippen molar-refractivity contribution in [3.8, 4) is 0 Å². The van der Waals surface area contributed by atoms with Crippen LogP contribution in [0.4, 0.5) is 4.79 Å². The molecule has 2 atom stereocenters. The molecule has 0 aromatic rings. The van der Waals surface area contributed by atoms with Gasteiger partial charge in [-0.3, -0.25) is 0 Å². The Labute approximate surface area is 114 Å². The second-order valence-electron chi connectivity index (χ2n) is 5.75. The largest absolute Gasteiger partial charge is 0.391 e. The lowest BCUT2D eigenvalue weighted by Gasteiger charge is -2.23. The molecule has 1 aliphatic rings. The zero-order chi connectivity index (χ0) is 13.6. The molecule has 0 spiro atoms. The number of aliphatic hydroxyl groups is 1. The topological polar surface area (TPSA) is 61.4 Å². The minimum atomic E-state index is -0.452. The molecule has 2 amide bonds. The number of carbonyl (C=O) groups is 1. The van der Waals surface area contributed by atoms with E-state index in [9.17, 15) is 9.90 Å². The Morgan fingerprint density at radius 2 is 2.17 bits per heavy atom. The molecule has 1 fully saturated rings. The van der Waals surface area contributed by atoms with E-state index >= 15 is 0 Å². The van der Waals surface area contributed by atoms with Gasteiger partial charge in [0, 0.05) is 17.8 Å². The molecule has 106 valence electrons. The number of carbonyl (C=O) groups excluding carboxylic acids is 1. The summed E-state index contributed by atoms with van der Waals surface area (Å²) in [5.74, 6) is 1.63. The van der Waals surface area contributed by atoms with Gasteiger partial charge in [0.2, 0.25) is 0 Å². The lowest BCUT2D eigenvalue weighted by molar-refractivity contribution is 0.146. The molecule has 4 nitrogen and oxygen atoms in total. The summed E-state index contributed by atoms with van der Waals surface area (Å²) in [5, 5.41) is 15.3. The Bertz CT molecular complexity index is 266. The smallest absolute Gasteiger partial charge is 0.314 e. The number of urea groups is 1. The summed E-state index contributed by atoms with van der Waals surface area (Å²) >= 11 is 1.93. The van der Waals surface area contributed by atoms with Crippen LogP contribution in [0.3, 0.4) is 0 Å². The number of amides is 2. The van der Waals surface area contributed by atoms with Crippen molar-refractivity contribution < 1.29 is 9.90 Å². The molecule has 1 heterocycles. The Morgan fingerprint density at radius 3 is 2.72 bits per heavy atom. The van der Waals surface area contributed by atoms with E-state index in [-0.39, 0.29) is 10.8 Å². The first-order chi connectivity index (χ1) is 8.41. The van der Waals surface area contributed by atoms with Crippen molar-refractivity contribution in [3.63, 3.8) is 0 Å². The molecule has 2 unspecified atom stereocenters. The van der Waals surface area contributed by atoms with Crippen LogP contribution in [0.25, 0.3) is 0 Å². The van der Waals surface area contributed by atoms with Gasteiger partial charge in [0.15, 0.2) is 0 Å². The highest BCUT2D eigenvalue weighted by Gasteiger charge is 2.29. The van der Waals surface area contributed by atoms with Crippen LogP contribution in [0.1, 0.15) is 40.0 Å². The Balaban J connectivity index is 2.13. The lowest BCUT2D eigenvalue weighted by Crippen LogP contribution is -2.44. The molecule has 0 aliphatic carbocycles. The van der Waals surface area contributed by atoms with E-state index in [0.717, 1.165) is 6.42 Å². The van der Waals surface area contributed by atoms with Crippen LogP contribution in [-0.4, -0.2) is 40.8 Å². The zero-order valence-corrected chi connectivity index (χ0v) is 12.5. The average molecular weight is 274 g/mol. The third kappa shape index (κ3) is 5.96. The molecule has 1 aliphatic heterocycles. The standard InChI is InChI=1S/C13H26N2O2S/c1-10(2)7-11(16)8-14-12(17)15-9-13(3)5-4-6-18-13/h10-11,16H,4-9H2,1-3H3,(H2,14,15,17). The highest BCUT2D eigenvalue weighted by atomic mass is 32.2. The van der Waals surface area contributed by atoms with Crippen LogP contribution in [0.2, 0.25) is 0 Å². The number of hydrogen-bond donors (Lipinski definition) is 3. The SMILES string of the molecule is CC(C)CC(O)CNC(=O)NCC1(C)CCCS1. The van der Waals surface area contributed by atoms with Crippen LogP contribution in [0.5, 0.6) is 0 Å². The van der Waals surface area contributed by atoms with E-state index < -0.39 is 6.10 Å². The van der Waals surface area contributed by atoms with Crippen molar-refractivity contribution in [1.82, 2.24) is 10.6 Å². The third-order valence-electron chi connectivity index (χ3n) is 3.17. The zero-order valence-electron chi connectivity index (χ0n) is 11.7. The summed E-state index contributed by atoms with van der Waals surface area (Å²) in [7, 11) is 0. The maximum absolute atomic E-state index is 11.6. The maximum atomic E-state index is 11.6. The molecule has 3 N–H and O–H groups in total. The summed E-state index contributed by atoms with van der Waals surface area (Å²) in [5.41, 5.74) is 0. The first kappa shape index (κ1) is 15.6. The van der Waals surface area contributed by atoms with Crippen molar-refractivity contribution in [1.29, 1.82) is 0 Å². The Kier molecular flexibility index (Phi) is 6.29. The minimum Gasteiger partial charge on any atom is -0.391 e. The van der Waals surface area contributed by atoms with Crippen LogP contribution in [0.15, 0.2) is 0 Å². The van der Waals surface area contributed by atoms with Crippen molar-refractivity contribution >= 4 is 17.8 Å². The van der Waals surface area contributed by atoms with Crippen LogP contribution in [0, 0.1) is 5.92 Å². The fourth-order valence-electron chi connectivity index (χ4n) is 2.14. The van der Waals surface area contributed by atoms with Gasteiger partial charge < -0.3 is 15.7 Å². The summed E-state index contributed by atoms with van der Waals surface area (Å²) in [4.78, 5) is 11.6. The van der Waals surface area contributed by atoms with E-state index in [1.807, 2.05) is 11.8 Å². The molecule has 18 heavy (non-hydrogen) atoms. The Morgan fingerprint density at radius 1 is 1.44 bits per heavy atom. The predicted molar refractivity (Wildman–Crippen MR) is 77.0 cm³/mol. The van der Waals surface area contributed by atoms with Crippen LogP contribution < -0.4 is 10.6 Å². The molecule has 0 saturated carbocycles. The van der Waals surface area contributed by atoms with E-state index in [0.29, 0.717) is 25.4 Å². The molecule has 0 bridgehead atoms. The summed E-state index contributed by atoms with van der Waals surface area (Å²) in [6.45, 7) is 7.33. The van der Waals surface area contributed by atoms with E-state index in [1.54, 1.807) is 0 Å². The van der Waals surface area contributed by atoms with E-state index in [4.69, 9.17) is 0 Å². The number of thioether (sulfide) groups is 1. The number of aliphatic hydroxyl groups excluding tert-OH is 1. The van der Waals surface area contributed by atoms with Crippen LogP contribution in [-0.2, 0) is 0 Å². The van der Waals surface area contributed by atoms with Gasteiger partial charge >= 0.3 is 6.03 Å². The van der Waals surface area contributed by atoms with Crippen molar-refractivity contribution in [2.24, 2.45) is 5.92 Å². The fourth-order valence-corrected chi connectivity index (χ4v) is 3.39. The number of nitrogens with one attached hydrogen (secondary N) is 2. The van der Waals surface area contributed by atoms with Gasteiger partial charge in [0.05, 0.1) is 6.10 Å². The van der Waals surface area contributed by atoms with Gasteiger partial charge in [-0.15, -0.1) is 0 Å². The van der Waals surface area contributed by atoms with E-state index in [2.05, 4.69) is 31.4 Å². The molecular formula is C13H26N2O2S. The molecule has 0 aromatic carbocycles. The molecule has 0 aromatic heterocycles. The summed E-state index contributed by atoms with van der Waals surface area (Å²) in [6, 6.07) is -0.175. The van der Waals surface area contributed by atoms with Crippen molar-refractivity contribution in [3.05, 3.63) is 0 Å². The average Bonchev–Trinajstić information content (AvgIpc) is 2.70. The van der Waals surface area contributed by atoms with Gasteiger partial charge in [0.25, 0.3) is 0 Å². The van der Waals surface area contributed by atoms with Gasteiger partial charge in [-0.1, -0.05) is 13.8 Å². The molecule has 0 radical (unpaired) electrons. The molecule has 5 heteroatoms. The van der Waals surface area contributed by atoms with Crippen molar-refractivity contribution in [2.75, 3.05) is 18.8 Å². The van der Waals surface area contributed by atoms with Crippen molar-refractivity contribution in [2.45, 2.75) is 50.9 Å². The lowest BCUT2D eigenvalue weighted by atomic mass is 10.1. The predicted octanol–water partition coefficient (Wildman–Crippen LogP) is 1.98. The van der Waals surface area contributed by atoms with E-state index in [1.165, 1.54) is 12.2 Å². The van der Waals surface area contributed by atoms with Gasteiger partial charge in [-0.2, -0.15) is 11.8 Å². The third-order valence-corrected chi connectivity index (χ3v) is 4.70. The first-order valence-electron chi connectivity index (χ1n) is 6.75. The molecule has 1 saturated heterocycles. The second-order valence-corrected chi connectivity index (χ2v) is 7.43. The fraction of sp³-hybridized carbons (Fsp3) is 0.923. The molecular weight excluding hydrogens is 248 g/mol. The quantitative estimate of drug-likeness (QED) is 0.694. The van der Waals surface area contributed by atoms with Crippen LogP contribution >= 0.6 is 11.8 Å². The summed E-state index contributed by atoms with van der Waals surface area (Å²) < 4.78 is 0.188. The minimum absolute atomic E-state index is 0.175. The second kappa shape index (κ2) is 7.24. The molecule has 1 rings (SSSR count). The normalized spacial score (nSPS) is 25.2. The highest BCUT2D eigenvalue weighted by Crippen LogP contribution is 2.36. The van der Waals surface area contributed by atoms with Gasteiger partial charge in [0.1, 0.15) is 0 Å². The monoisotopic (exact) mass is 274 g/mol. The summed E-state index contributed by atoms with van der Waals surface area (Å²) in [6.07, 6.45) is 2.66. The highest BCUT2D eigenvalue weighted by molar-refractivity contribution is 8.00. The number of hydrogen-bond acceptors (Lipinski definition) is 3. The maximum Gasteiger partial charge on any atom is 0.314 e. The van der Waals surface area contributed by atoms with Gasteiger partial charge in [-0.25, -0.2) is 4.79 Å². The Hall–Kier alpha value is -0.420.